The van der Waals surface area contributed by atoms with Crippen molar-refractivity contribution in [3.63, 3.8) is 0 Å². The minimum Gasteiger partial charge on any atom is -0.495 e. The number of carbonyl (C=O) groups excluding carboxylic acids is 1. The van der Waals surface area contributed by atoms with Crippen molar-refractivity contribution in [2.45, 2.75) is 12.8 Å². The summed E-state index contributed by atoms with van der Waals surface area (Å²) in [6.07, 6.45) is 2.03. The second kappa shape index (κ2) is 8.74. The van der Waals surface area contributed by atoms with E-state index in [1.165, 1.54) is 0 Å². The lowest BCUT2D eigenvalue weighted by atomic mass is 9.79. The van der Waals surface area contributed by atoms with E-state index in [0.29, 0.717) is 13.2 Å². The molecule has 2 rings (SSSR count). The Balaban J connectivity index is 1.82. The largest absolute Gasteiger partial charge is 0.495 e. The van der Waals surface area contributed by atoms with Gasteiger partial charge in [0.2, 0.25) is 5.91 Å². The van der Waals surface area contributed by atoms with E-state index in [1.54, 1.807) is 14.2 Å². The number of benzene rings is 1. The lowest BCUT2D eigenvalue weighted by Crippen LogP contribution is -2.48. The van der Waals surface area contributed by atoms with Gasteiger partial charge in [-0.25, -0.2) is 0 Å². The third-order valence-electron chi connectivity index (χ3n) is 4.32. The number of hydrogen-bond acceptors (Lipinski definition) is 5. The van der Waals surface area contributed by atoms with Crippen LogP contribution < -0.4 is 20.7 Å². The molecule has 128 valence electrons. The van der Waals surface area contributed by atoms with Crippen LogP contribution in [-0.4, -0.2) is 52.9 Å². The fraction of sp³-hybridized carbons (Fsp3) is 0.588. The maximum atomic E-state index is 12.1. The maximum Gasteiger partial charge on any atom is 0.239 e. The lowest BCUT2D eigenvalue weighted by Gasteiger charge is -2.37. The number of para-hydroxylation sites is 2. The van der Waals surface area contributed by atoms with Crippen molar-refractivity contribution in [3.8, 4) is 5.75 Å². The summed E-state index contributed by atoms with van der Waals surface area (Å²) in [5.74, 6) is 0.708. The maximum absolute atomic E-state index is 12.1. The molecular weight excluding hydrogens is 294 g/mol. The van der Waals surface area contributed by atoms with Crippen molar-refractivity contribution in [1.82, 2.24) is 10.6 Å². The molecule has 0 atom stereocenters. The highest BCUT2D eigenvalue weighted by atomic mass is 16.5. The van der Waals surface area contributed by atoms with Crippen molar-refractivity contribution in [2.75, 3.05) is 52.3 Å². The summed E-state index contributed by atoms with van der Waals surface area (Å²) in [4.78, 5) is 12.1. The van der Waals surface area contributed by atoms with E-state index < -0.39 is 0 Å². The molecule has 0 spiro atoms. The summed E-state index contributed by atoms with van der Waals surface area (Å²) < 4.78 is 10.6. The summed E-state index contributed by atoms with van der Waals surface area (Å²) in [5, 5.41) is 9.50. The van der Waals surface area contributed by atoms with Gasteiger partial charge < -0.3 is 25.4 Å². The van der Waals surface area contributed by atoms with Gasteiger partial charge in [-0.3, -0.25) is 4.79 Å². The SMILES string of the molecule is COCC1(CNC(=O)CNc2ccccc2OC)CCNCC1. The average molecular weight is 321 g/mol. The van der Waals surface area contributed by atoms with Gasteiger partial charge in [0.05, 0.1) is 25.9 Å². The zero-order chi connectivity index (χ0) is 16.5. The van der Waals surface area contributed by atoms with Crippen molar-refractivity contribution < 1.29 is 14.3 Å². The second-order valence-corrected chi connectivity index (χ2v) is 6.01. The predicted molar refractivity (Wildman–Crippen MR) is 90.9 cm³/mol. The molecule has 1 fully saturated rings. The number of rotatable bonds is 8. The van der Waals surface area contributed by atoms with Crippen LogP contribution in [0.4, 0.5) is 5.69 Å². The normalized spacial score (nSPS) is 16.6. The van der Waals surface area contributed by atoms with E-state index in [0.717, 1.165) is 37.4 Å². The van der Waals surface area contributed by atoms with Crippen LogP contribution in [0.25, 0.3) is 0 Å². The number of ether oxygens (including phenoxy) is 2. The van der Waals surface area contributed by atoms with E-state index in [4.69, 9.17) is 9.47 Å². The molecule has 1 aromatic carbocycles. The molecule has 0 saturated carbocycles. The van der Waals surface area contributed by atoms with Gasteiger partial charge in [0.25, 0.3) is 0 Å². The zero-order valence-electron chi connectivity index (χ0n) is 14.0. The molecule has 0 bridgehead atoms. The van der Waals surface area contributed by atoms with Crippen molar-refractivity contribution in [3.05, 3.63) is 24.3 Å². The second-order valence-electron chi connectivity index (χ2n) is 6.01. The quantitative estimate of drug-likeness (QED) is 0.672. The lowest BCUT2D eigenvalue weighted by molar-refractivity contribution is -0.120. The molecule has 1 aliphatic rings. The van der Waals surface area contributed by atoms with Gasteiger partial charge in [-0.1, -0.05) is 12.1 Å². The zero-order valence-corrected chi connectivity index (χ0v) is 14.0. The van der Waals surface area contributed by atoms with Crippen molar-refractivity contribution >= 4 is 11.6 Å². The number of anilines is 1. The van der Waals surface area contributed by atoms with E-state index >= 15 is 0 Å². The Hall–Kier alpha value is -1.79. The minimum atomic E-state index is -0.0232. The molecule has 6 heteroatoms. The number of hydrogen-bond donors (Lipinski definition) is 3. The molecule has 0 radical (unpaired) electrons. The van der Waals surface area contributed by atoms with Gasteiger partial charge in [0, 0.05) is 19.1 Å². The standard InChI is InChI=1S/C17H27N3O3/c1-22-13-17(7-9-18-10-8-17)12-20-16(21)11-19-14-5-3-4-6-15(14)23-2/h3-6,18-19H,7-13H2,1-2H3,(H,20,21). The Morgan fingerprint density at radius 1 is 1.26 bits per heavy atom. The molecule has 1 aliphatic heterocycles. The Kier molecular flexibility index (Phi) is 6.67. The van der Waals surface area contributed by atoms with E-state index in [9.17, 15) is 4.79 Å². The first-order chi connectivity index (χ1) is 11.2. The van der Waals surface area contributed by atoms with Gasteiger partial charge in [-0.15, -0.1) is 0 Å². The van der Waals surface area contributed by atoms with Crippen LogP contribution >= 0.6 is 0 Å². The van der Waals surface area contributed by atoms with Crippen LogP contribution in [0.15, 0.2) is 24.3 Å². The summed E-state index contributed by atoms with van der Waals surface area (Å²) in [6.45, 7) is 3.49. The first-order valence-electron chi connectivity index (χ1n) is 8.02. The number of amides is 1. The molecular formula is C17H27N3O3. The molecule has 0 unspecified atom stereocenters. The molecule has 1 saturated heterocycles. The van der Waals surface area contributed by atoms with Crippen LogP contribution in [-0.2, 0) is 9.53 Å². The first-order valence-corrected chi connectivity index (χ1v) is 8.02. The van der Waals surface area contributed by atoms with E-state index in [1.807, 2.05) is 24.3 Å². The smallest absolute Gasteiger partial charge is 0.239 e. The highest BCUT2D eigenvalue weighted by Crippen LogP contribution is 2.28. The number of piperidine rings is 1. The van der Waals surface area contributed by atoms with Crippen LogP contribution in [0, 0.1) is 5.41 Å². The van der Waals surface area contributed by atoms with Crippen LogP contribution in [0.5, 0.6) is 5.75 Å². The molecule has 6 nitrogen and oxygen atoms in total. The van der Waals surface area contributed by atoms with Gasteiger partial charge in [-0.2, -0.15) is 0 Å². The highest BCUT2D eigenvalue weighted by molar-refractivity contribution is 5.81. The Morgan fingerprint density at radius 2 is 2.00 bits per heavy atom. The Bertz CT molecular complexity index is 496. The summed E-state index contributed by atoms with van der Waals surface area (Å²) >= 11 is 0. The monoisotopic (exact) mass is 321 g/mol. The first kappa shape index (κ1) is 17.6. The predicted octanol–water partition coefficient (Wildman–Crippen LogP) is 1.24. The highest BCUT2D eigenvalue weighted by Gasteiger charge is 2.32. The van der Waals surface area contributed by atoms with Gasteiger partial charge in [0.1, 0.15) is 5.75 Å². The fourth-order valence-electron chi connectivity index (χ4n) is 2.95. The average Bonchev–Trinajstić information content (AvgIpc) is 2.59. The Labute approximate surface area is 137 Å². The third kappa shape index (κ3) is 5.11. The van der Waals surface area contributed by atoms with Crippen LogP contribution in [0.3, 0.4) is 0 Å². The molecule has 1 amide bonds. The molecule has 3 N–H and O–H groups in total. The van der Waals surface area contributed by atoms with Gasteiger partial charge >= 0.3 is 0 Å². The summed E-state index contributed by atoms with van der Waals surface area (Å²) in [5.41, 5.74) is 0.860. The van der Waals surface area contributed by atoms with E-state index in [2.05, 4.69) is 16.0 Å². The molecule has 1 aromatic rings. The molecule has 23 heavy (non-hydrogen) atoms. The third-order valence-corrected chi connectivity index (χ3v) is 4.32. The number of carbonyl (C=O) groups is 1. The van der Waals surface area contributed by atoms with E-state index in [-0.39, 0.29) is 17.9 Å². The number of methoxy groups -OCH3 is 2. The summed E-state index contributed by atoms with van der Waals surface area (Å²) in [7, 11) is 3.33. The van der Waals surface area contributed by atoms with Gasteiger partial charge in [0.15, 0.2) is 0 Å². The topological polar surface area (TPSA) is 71.6 Å². The van der Waals surface area contributed by atoms with Crippen molar-refractivity contribution in [2.24, 2.45) is 5.41 Å². The molecule has 0 aliphatic carbocycles. The van der Waals surface area contributed by atoms with Crippen LogP contribution in [0.2, 0.25) is 0 Å². The Morgan fingerprint density at radius 3 is 2.70 bits per heavy atom. The van der Waals surface area contributed by atoms with Crippen LogP contribution in [0.1, 0.15) is 12.8 Å². The van der Waals surface area contributed by atoms with Crippen molar-refractivity contribution in [1.29, 1.82) is 0 Å². The fourth-order valence-corrected chi connectivity index (χ4v) is 2.95. The summed E-state index contributed by atoms with van der Waals surface area (Å²) in [6, 6.07) is 7.56. The molecule has 0 aromatic heterocycles. The minimum absolute atomic E-state index is 0.0232. The van der Waals surface area contributed by atoms with Gasteiger partial charge in [-0.05, 0) is 38.1 Å². The molecule has 1 heterocycles. The number of nitrogens with one attached hydrogen (secondary N) is 3.